The molecule has 0 heterocycles. The molecule has 1 aliphatic rings. The average molecular weight is 275 g/mol. The summed E-state index contributed by atoms with van der Waals surface area (Å²) in [6.07, 6.45) is 6.61. The molecule has 110 valence electrons. The van der Waals surface area contributed by atoms with Crippen molar-refractivity contribution in [2.75, 3.05) is 13.7 Å². The van der Waals surface area contributed by atoms with Crippen molar-refractivity contribution in [3.63, 3.8) is 0 Å². The molecule has 0 spiro atoms. The Kier molecular flexibility index (Phi) is 6.06. The first-order chi connectivity index (χ1) is 9.81. The zero-order valence-electron chi connectivity index (χ0n) is 12.4. The molecule has 0 bridgehead atoms. The number of ketones is 1. The minimum absolute atomic E-state index is 0.330. The second kappa shape index (κ2) is 8.05. The van der Waals surface area contributed by atoms with Gasteiger partial charge in [-0.05, 0) is 18.9 Å². The minimum atomic E-state index is 0.330. The Hall–Kier alpha value is -1.35. The number of hydrogen-bond donors (Lipinski definition) is 1. The molecule has 1 N–H and O–H groups in total. The van der Waals surface area contributed by atoms with Crippen molar-refractivity contribution in [1.82, 2.24) is 5.32 Å². The van der Waals surface area contributed by atoms with Crippen molar-refractivity contribution < 1.29 is 9.53 Å². The summed E-state index contributed by atoms with van der Waals surface area (Å²) >= 11 is 0. The first kappa shape index (κ1) is 15.0. The number of benzene rings is 1. The van der Waals surface area contributed by atoms with E-state index < -0.39 is 0 Å². The quantitative estimate of drug-likeness (QED) is 0.776. The van der Waals surface area contributed by atoms with Crippen molar-refractivity contribution >= 4 is 5.78 Å². The van der Waals surface area contributed by atoms with E-state index in [1.165, 1.54) is 19.3 Å². The Morgan fingerprint density at radius 3 is 2.75 bits per heavy atom. The lowest BCUT2D eigenvalue weighted by atomic mass is 9.85. The van der Waals surface area contributed by atoms with Crippen LogP contribution in [0.2, 0.25) is 0 Å². The van der Waals surface area contributed by atoms with E-state index in [4.69, 9.17) is 4.74 Å². The van der Waals surface area contributed by atoms with Crippen molar-refractivity contribution in [3.8, 4) is 5.75 Å². The topological polar surface area (TPSA) is 38.3 Å². The van der Waals surface area contributed by atoms with Gasteiger partial charge in [-0.1, -0.05) is 37.5 Å². The van der Waals surface area contributed by atoms with Gasteiger partial charge in [0.25, 0.3) is 0 Å². The molecule has 0 saturated heterocycles. The highest BCUT2D eigenvalue weighted by atomic mass is 16.5. The van der Waals surface area contributed by atoms with Gasteiger partial charge >= 0.3 is 0 Å². The lowest BCUT2D eigenvalue weighted by Crippen LogP contribution is -2.23. The van der Waals surface area contributed by atoms with E-state index in [-0.39, 0.29) is 0 Å². The van der Waals surface area contributed by atoms with Crippen molar-refractivity contribution in [2.24, 2.45) is 5.92 Å². The van der Waals surface area contributed by atoms with Crippen LogP contribution in [0.5, 0.6) is 5.75 Å². The predicted octanol–water partition coefficient (Wildman–Crippen LogP) is 3.32. The number of hydrogen-bond acceptors (Lipinski definition) is 3. The van der Waals surface area contributed by atoms with Gasteiger partial charge in [0.15, 0.2) is 0 Å². The van der Waals surface area contributed by atoms with E-state index in [1.54, 1.807) is 7.11 Å². The third-order valence-electron chi connectivity index (χ3n) is 4.12. The zero-order valence-corrected chi connectivity index (χ0v) is 12.4. The fourth-order valence-electron chi connectivity index (χ4n) is 2.91. The first-order valence-corrected chi connectivity index (χ1v) is 7.66. The SMILES string of the molecule is COc1ccccc1CNCCC(=O)C1CCCCC1. The van der Waals surface area contributed by atoms with Gasteiger partial charge in [0.1, 0.15) is 11.5 Å². The standard InChI is InChI=1S/C17H25NO2/c1-20-17-10-6-5-9-15(17)13-18-12-11-16(19)14-7-3-2-4-8-14/h5-6,9-10,14,18H,2-4,7-8,11-13H2,1H3. The van der Waals surface area contributed by atoms with Crippen molar-refractivity contribution in [3.05, 3.63) is 29.8 Å². The van der Waals surface area contributed by atoms with E-state index in [0.29, 0.717) is 18.1 Å². The fourth-order valence-corrected chi connectivity index (χ4v) is 2.91. The molecule has 3 heteroatoms. The third-order valence-corrected chi connectivity index (χ3v) is 4.12. The number of para-hydroxylation sites is 1. The number of methoxy groups -OCH3 is 1. The molecule has 3 nitrogen and oxygen atoms in total. The Bertz CT molecular complexity index is 425. The van der Waals surface area contributed by atoms with Crippen LogP contribution in [-0.4, -0.2) is 19.4 Å². The Morgan fingerprint density at radius 1 is 1.25 bits per heavy atom. The monoisotopic (exact) mass is 275 g/mol. The van der Waals surface area contributed by atoms with Crippen LogP contribution < -0.4 is 10.1 Å². The normalized spacial score (nSPS) is 16.1. The predicted molar refractivity (Wildman–Crippen MR) is 80.9 cm³/mol. The van der Waals surface area contributed by atoms with E-state index in [1.807, 2.05) is 18.2 Å². The van der Waals surface area contributed by atoms with Crippen LogP contribution in [0.25, 0.3) is 0 Å². The summed E-state index contributed by atoms with van der Waals surface area (Å²) in [5.41, 5.74) is 1.14. The number of carbonyl (C=O) groups is 1. The minimum Gasteiger partial charge on any atom is -0.496 e. The third kappa shape index (κ3) is 4.34. The van der Waals surface area contributed by atoms with Crippen LogP contribution in [0.4, 0.5) is 0 Å². The molecule has 0 atom stereocenters. The molecule has 0 amide bonds. The number of nitrogens with one attached hydrogen (secondary N) is 1. The van der Waals surface area contributed by atoms with Gasteiger partial charge in [-0.2, -0.15) is 0 Å². The van der Waals surface area contributed by atoms with Crippen LogP contribution in [0.1, 0.15) is 44.1 Å². The van der Waals surface area contributed by atoms with Crippen LogP contribution >= 0.6 is 0 Å². The maximum Gasteiger partial charge on any atom is 0.137 e. The summed E-state index contributed by atoms with van der Waals surface area (Å²) in [6, 6.07) is 7.99. The van der Waals surface area contributed by atoms with E-state index in [9.17, 15) is 4.79 Å². The van der Waals surface area contributed by atoms with E-state index >= 15 is 0 Å². The largest absolute Gasteiger partial charge is 0.496 e. The Morgan fingerprint density at radius 2 is 2.00 bits per heavy atom. The number of ether oxygens (including phenoxy) is 1. The molecule has 1 aliphatic carbocycles. The molecular formula is C17H25NO2. The first-order valence-electron chi connectivity index (χ1n) is 7.66. The summed E-state index contributed by atoms with van der Waals surface area (Å²) in [4.78, 5) is 12.1. The summed E-state index contributed by atoms with van der Waals surface area (Å²) in [5.74, 6) is 1.67. The maximum atomic E-state index is 12.1. The highest BCUT2D eigenvalue weighted by Gasteiger charge is 2.20. The lowest BCUT2D eigenvalue weighted by Gasteiger charge is -2.20. The molecule has 1 fully saturated rings. The number of rotatable bonds is 7. The molecule has 1 aromatic rings. The number of Topliss-reactive ketones (excluding diaryl/α,β-unsaturated/α-hetero) is 1. The second-order valence-corrected chi connectivity index (χ2v) is 5.54. The summed E-state index contributed by atoms with van der Waals surface area (Å²) in [5, 5.41) is 3.35. The highest BCUT2D eigenvalue weighted by molar-refractivity contribution is 5.81. The zero-order chi connectivity index (χ0) is 14.2. The number of carbonyl (C=O) groups excluding carboxylic acids is 1. The summed E-state index contributed by atoms with van der Waals surface area (Å²) in [7, 11) is 1.69. The molecule has 1 saturated carbocycles. The molecule has 0 radical (unpaired) electrons. The van der Waals surface area contributed by atoms with Gasteiger partial charge in [0, 0.05) is 31.0 Å². The van der Waals surface area contributed by atoms with Gasteiger partial charge < -0.3 is 10.1 Å². The van der Waals surface area contributed by atoms with Gasteiger partial charge in [0.05, 0.1) is 7.11 Å². The van der Waals surface area contributed by atoms with Crippen molar-refractivity contribution in [2.45, 2.75) is 45.1 Å². The average Bonchev–Trinajstić information content (AvgIpc) is 2.52. The Balaban J connectivity index is 1.69. The van der Waals surface area contributed by atoms with Gasteiger partial charge in [-0.25, -0.2) is 0 Å². The van der Waals surface area contributed by atoms with Gasteiger partial charge in [0.2, 0.25) is 0 Å². The van der Waals surface area contributed by atoms with E-state index in [2.05, 4.69) is 11.4 Å². The smallest absolute Gasteiger partial charge is 0.137 e. The molecule has 0 aromatic heterocycles. The van der Waals surface area contributed by atoms with E-state index in [0.717, 1.165) is 37.2 Å². The summed E-state index contributed by atoms with van der Waals surface area (Å²) < 4.78 is 5.31. The second-order valence-electron chi connectivity index (χ2n) is 5.54. The van der Waals surface area contributed by atoms with Crippen LogP contribution in [0, 0.1) is 5.92 Å². The highest BCUT2D eigenvalue weighted by Crippen LogP contribution is 2.25. The summed E-state index contributed by atoms with van der Waals surface area (Å²) in [6.45, 7) is 1.51. The molecule has 20 heavy (non-hydrogen) atoms. The molecule has 2 rings (SSSR count). The van der Waals surface area contributed by atoms with Gasteiger partial charge in [-0.3, -0.25) is 4.79 Å². The molecule has 0 unspecified atom stereocenters. The molecule has 0 aliphatic heterocycles. The van der Waals surface area contributed by atoms with Crippen LogP contribution in [-0.2, 0) is 11.3 Å². The van der Waals surface area contributed by atoms with Crippen molar-refractivity contribution in [1.29, 1.82) is 0 Å². The van der Waals surface area contributed by atoms with Crippen LogP contribution in [0.15, 0.2) is 24.3 Å². The lowest BCUT2D eigenvalue weighted by molar-refractivity contribution is -0.123. The molecular weight excluding hydrogens is 250 g/mol. The molecule has 1 aromatic carbocycles. The fraction of sp³-hybridized carbons (Fsp3) is 0.588. The van der Waals surface area contributed by atoms with Crippen LogP contribution in [0.3, 0.4) is 0 Å². The maximum absolute atomic E-state index is 12.1. The Labute approximate surface area is 121 Å². The van der Waals surface area contributed by atoms with Gasteiger partial charge in [-0.15, -0.1) is 0 Å².